The molecule has 0 saturated carbocycles. The van der Waals surface area contributed by atoms with Crippen molar-refractivity contribution in [3.8, 4) is 11.4 Å². The third-order valence-corrected chi connectivity index (χ3v) is 3.08. The monoisotopic (exact) mass is 255 g/mol. The van der Waals surface area contributed by atoms with Gasteiger partial charge in [-0.25, -0.2) is 4.98 Å². The number of nitrogens with zero attached hydrogens (tertiary/aromatic N) is 4. The molecule has 0 aromatic carbocycles. The normalized spacial score (nSPS) is 11.1. The van der Waals surface area contributed by atoms with E-state index in [0.717, 1.165) is 11.3 Å². The molecule has 6 nitrogen and oxygen atoms in total. The Morgan fingerprint density at radius 2 is 2.21 bits per heavy atom. The second-order valence-electron chi connectivity index (χ2n) is 4.28. The molecule has 0 spiro atoms. The summed E-state index contributed by atoms with van der Waals surface area (Å²) in [4.78, 5) is 25.0. The van der Waals surface area contributed by atoms with Crippen molar-refractivity contribution < 1.29 is 0 Å². The zero-order valence-electron chi connectivity index (χ0n) is 10.7. The van der Waals surface area contributed by atoms with Gasteiger partial charge in [0.2, 0.25) is 0 Å². The highest BCUT2D eigenvalue weighted by molar-refractivity contribution is 5.55. The summed E-state index contributed by atoms with van der Waals surface area (Å²) >= 11 is 0. The number of hydrogen-bond donors (Lipinski definition) is 1. The molecule has 96 valence electrons. The number of aromatic nitrogens is 5. The molecule has 0 radical (unpaired) electrons. The highest BCUT2D eigenvalue weighted by atomic mass is 16.1. The van der Waals surface area contributed by atoms with E-state index in [0.29, 0.717) is 23.6 Å². The smallest absolute Gasteiger partial charge is 0.271 e. The number of H-pyrrole nitrogens is 1. The van der Waals surface area contributed by atoms with Crippen molar-refractivity contribution >= 4 is 5.78 Å². The molecule has 3 heterocycles. The van der Waals surface area contributed by atoms with Crippen LogP contribution in [0.4, 0.5) is 0 Å². The lowest BCUT2D eigenvalue weighted by Gasteiger charge is -2.00. The summed E-state index contributed by atoms with van der Waals surface area (Å²) in [5, 5.41) is 2.97. The van der Waals surface area contributed by atoms with Crippen LogP contribution in [-0.2, 0) is 6.42 Å². The van der Waals surface area contributed by atoms with Gasteiger partial charge in [0.05, 0.1) is 5.69 Å². The van der Waals surface area contributed by atoms with Crippen LogP contribution in [0, 0.1) is 6.92 Å². The molecule has 0 amide bonds. The topological polar surface area (TPSA) is 75.9 Å². The van der Waals surface area contributed by atoms with Gasteiger partial charge in [-0.15, -0.1) is 0 Å². The van der Waals surface area contributed by atoms with E-state index < -0.39 is 0 Å². The largest absolute Gasteiger partial charge is 0.277 e. The Morgan fingerprint density at radius 1 is 1.37 bits per heavy atom. The van der Waals surface area contributed by atoms with Gasteiger partial charge < -0.3 is 0 Å². The van der Waals surface area contributed by atoms with E-state index in [-0.39, 0.29) is 5.56 Å². The lowest BCUT2D eigenvalue weighted by Crippen LogP contribution is -2.21. The molecule has 0 bridgehead atoms. The Hall–Kier alpha value is -2.50. The van der Waals surface area contributed by atoms with Crippen LogP contribution in [0.1, 0.15) is 18.2 Å². The first kappa shape index (κ1) is 11.6. The molecule has 0 aliphatic heterocycles. The number of rotatable bonds is 2. The Bertz CT molecular complexity index is 788. The minimum atomic E-state index is -0.0901. The highest BCUT2D eigenvalue weighted by Crippen LogP contribution is 2.13. The van der Waals surface area contributed by atoms with Gasteiger partial charge in [0.25, 0.3) is 11.3 Å². The van der Waals surface area contributed by atoms with Gasteiger partial charge in [-0.1, -0.05) is 6.92 Å². The first-order chi connectivity index (χ1) is 9.20. The molecular formula is C13H13N5O. The van der Waals surface area contributed by atoms with Crippen LogP contribution in [0.2, 0.25) is 0 Å². The fourth-order valence-corrected chi connectivity index (χ4v) is 2.09. The Balaban J connectivity index is 2.28. The molecule has 0 aliphatic carbocycles. The van der Waals surface area contributed by atoms with E-state index in [2.05, 4.69) is 20.1 Å². The summed E-state index contributed by atoms with van der Waals surface area (Å²) in [5.74, 6) is 0.976. The average Bonchev–Trinajstić information content (AvgIpc) is 2.84. The van der Waals surface area contributed by atoms with E-state index >= 15 is 0 Å². The Kier molecular flexibility index (Phi) is 2.63. The first-order valence-electron chi connectivity index (χ1n) is 6.09. The molecule has 0 atom stereocenters. The summed E-state index contributed by atoms with van der Waals surface area (Å²) in [5.41, 5.74) is 2.17. The van der Waals surface area contributed by atoms with Crippen LogP contribution >= 0.6 is 0 Å². The maximum atomic E-state index is 12.3. The maximum Gasteiger partial charge on any atom is 0.277 e. The number of aromatic amines is 1. The number of nitrogens with one attached hydrogen (secondary N) is 1. The standard InChI is InChI=1S/C13H13N5O/c1-3-10-8(2)15-13-16-11(17-18(13)12(10)19)9-5-4-6-14-7-9/h4-7H,3H2,1-2H3,(H,15,16,17). The second-order valence-corrected chi connectivity index (χ2v) is 4.28. The van der Waals surface area contributed by atoms with E-state index in [4.69, 9.17) is 0 Å². The molecule has 6 heteroatoms. The van der Waals surface area contributed by atoms with Gasteiger partial charge in [0.1, 0.15) is 0 Å². The summed E-state index contributed by atoms with van der Waals surface area (Å²) in [7, 11) is 0. The number of pyridine rings is 1. The molecule has 0 fully saturated rings. The number of hydrogen-bond acceptors (Lipinski definition) is 4. The van der Waals surface area contributed by atoms with Crippen molar-refractivity contribution in [1.82, 2.24) is 24.6 Å². The number of aryl methyl sites for hydroxylation is 1. The number of fused-ring (bicyclic) bond motifs is 1. The highest BCUT2D eigenvalue weighted by Gasteiger charge is 2.12. The molecular weight excluding hydrogens is 242 g/mol. The van der Waals surface area contributed by atoms with Crippen LogP contribution in [0.25, 0.3) is 17.2 Å². The zero-order valence-corrected chi connectivity index (χ0v) is 10.7. The summed E-state index contributed by atoms with van der Waals surface area (Å²) < 4.78 is 1.38. The van der Waals surface area contributed by atoms with Crippen molar-refractivity contribution in [2.45, 2.75) is 20.3 Å². The lowest BCUT2D eigenvalue weighted by atomic mass is 10.2. The molecule has 0 saturated heterocycles. The van der Waals surface area contributed by atoms with Gasteiger partial charge in [0.15, 0.2) is 5.82 Å². The fourth-order valence-electron chi connectivity index (χ4n) is 2.09. The Morgan fingerprint density at radius 3 is 2.89 bits per heavy atom. The quantitative estimate of drug-likeness (QED) is 0.750. The predicted molar refractivity (Wildman–Crippen MR) is 71.0 cm³/mol. The van der Waals surface area contributed by atoms with E-state index in [1.807, 2.05) is 26.0 Å². The zero-order chi connectivity index (χ0) is 13.4. The van der Waals surface area contributed by atoms with Crippen LogP contribution in [-0.4, -0.2) is 24.6 Å². The minimum absolute atomic E-state index is 0.0901. The molecule has 3 rings (SSSR count). The SMILES string of the molecule is CCc1c(C)nc2nc(-c3cccnc3)[nH]n2c1=O. The molecule has 0 unspecified atom stereocenters. The van der Waals surface area contributed by atoms with Crippen LogP contribution in [0.5, 0.6) is 0 Å². The van der Waals surface area contributed by atoms with Gasteiger partial charge >= 0.3 is 0 Å². The van der Waals surface area contributed by atoms with Crippen molar-refractivity contribution in [2.24, 2.45) is 0 Å². The van der Waals surface area contributed by atoms with E-state index in [1.54, 1.807) is 12.4 Å². The second kappa shape index (κ2) is 4.31. The molecule has 0 aliphatic rings. The van der Waals surface area contributed by atoms with Crippen molar-refractivity contribution in [2.75, 3.05) is 0 Å². The van der Waals surface area contributed by atoms with Crippen LogP contribution in [0.3, 0.4) is 0 Å². The first-order valence-corrected chi connectivity index (χ1v) is 6.09. The van der Waals surface area contributed by atoms with Gasteiger partial charge in [0, 0.05) is 23.5 Å². The average molecular weight is 255 g/mol. The maximum absolute atomic E-state index is 12.3. The third kappa shape index (κ3) is 1.81. The fraction of sp³-hybridized carbons (Fsp3) is 0.231. The summed E-state index contributed by atoms with van der Waals surface area (Å²) in [6, 6.07) is 3.70. The third-order valence-electron chi connectivity index (χ3n) is 3.08. The van der Waals surface area contributed by atoms with Crippen molar-refractivity contribution in [3.63, 3.8) is 0 Å². The van der Waals surface area contributed by atoms with Crippen LogP contribution < -0.4 is 5.56 Å². The lowest BCUT2D eigenvalue weighted by molar-refractivity contribution is 0.854. The molecule has 3 aromatic heterocycles. The molecule has 19 heavy (non-hydrogen) atoms. The van der Waals surface area contributed by atoms with Crippen LogP contribution in [0.15, 0.2) is 29.3 Å². The summed E-state index contributed by atoms with van der Waals surface area (Å²) in [6.07, 6.45) is 4.04. The van der Waals surface area contributed by atoms with Gasteiger partial charge in [-0.2, -0.15) is 9.50 Å². The minimum Gasteiger partial charge on any atom is -0.271 e. The van der Waals surface area contributed by atoms with E-state index in [1.165, 1.54) is 4.52 Å². The van der Waals surface area contributed by atoms with Crippen molar-refractivity contribution in [1.29, 1.82) is 0 Å². The van der Waals surface area contributed by atoms with Gasteiger partial charge in [-0.05, 0) is 25.5 Å². The Labute approximate surface area is 109 Å². The molecule has 3 aromatic rings. The van der Waals surface area contributed by atoms with E-state index in [9.17, 15) is 4.79 Å². The predicted octanol–water partition coefficient (Wildman–Crippen LogP) is 1.35. The van der Waals surface area contributed by atoms with Gasteiger partial charge in [-0.3, -0.25) is 14.9 Å². The molecule has 1 N–H and O–H groups in total. The summed E-state index contributed by atoms with van der Waals surface area (Å²) in [6.45, 7) is 3.77. The van der Waals surface area contributed by atoms with Crippen molar-refractivity contribution in [3.05, 3.63) is 46.1 Å².